The number of cyclic esters (lactones) is 1. The number of esters is 1. The van der Waals surface area contributed by atoms with E-state index in [0.717, 1.165) is 19.3 Å². The van der Waals surface area contributed by atoms with Gasteiger partial charge in [-0.2, -0.15) is 0 Å². The molecule has 0 amide bonds. The molecule has 1 aliphatic rings. The molecule has 1 heterocycles. The lowest BCUT2D eigenvalue weighted by Crippen LogP contribution is -2.20. The molecule has 1 fully saturated rings. The Morgan fingerprint density at radius 3 is 3.00 bits per heavy atom. The predicted octanol–water partition coefficient (Wildman–Crippen LogP) is 2.69. The van der Waals surface area contributed by atoms with Crippen LogP contribution in [0, 0.1) is 5.92 Å². The van der Waals surface area contributed by atoms with Crippen molar-refractivity contribution in [3.05, 3.63) is 11.6 Å². The molecular weight excluding hydrogens is 164 g/mol. The van der Waals surface area contributed by atoms with Gasteiger partial charge in [-0.25, -0.2) is 0 Å². The van der Waals surface area contributed by atoms with Crippen molar-refractivity contribution in [2.75, 3.05) is 6.61 Å². The molecule has 0 aromatic rings. The Bertz CT molecular complexity index is 202. The molecule has 1 saturated heterocycles. The van der Waals surface area contributed by atoms with Gasteiger partial charge in [0.25, 0.3) is 0 Å². The molecule has 0 saturated carbocycles. The summed E-state index contributed by atoms with van der Waals surface area (Å²) in [5.41, 5.74) is 1.36. The van der Waals surface area contributed by atoms with Gasteiger partial charge >= 0.3 is 5.97 Å². The van der Waals surface area contributed by atoms with E-state index in [-0.39, 0.29) is 5.97 Å². The molecule has 0 bridgehead atoms. The molecule has 0 radical (unpaired) electrons. The van der Waals surface area contributed by atoms with Crippen LogP contribution in [0.3, 0.4) is 0 Å². The highest BCUT2D eigenvalue weighted by atomic mass is 16.5. The summed E-state index contributed by atoms with van der Waals surface area (Å²) < 4.78 is 4.88. The van der Waals surface area contributed by atoms with Gasteiger partial charge in [-0.1, -0.05) is 11.6 Å². The monoisotopic (exact) mass is 182 g/mol. The number of carbonyl (C=O) groups excluding carboxylic acids is 1. The van der Waals surface area contributed by atoms with Crippen molar-refractivity contribution >= 4 is 5.97 Å². The lowest BCUT2D eigenvalue weighted by atomic mass is 9.94. The summed E-state index contributed by atoms with van der Waals surface area (Å²) in [6, 6.07) is 0. The molecule has 0 aromatic heterocycles. The molecule has 2 nitrogen and oxygen atoms in total. The second kappa shape index (κ2) is 5.05. The van der Waals surface area contributed by atoms with E-state index in [4.69, 9.17) is 4.74 Å². The molecular formula is C11H18O2. The molecule has 74 valence electrons. The highest BCUT2D eigenvalue weighted by molar-refractivity contribution is 5.70. The van der Waals surface area contributed by atoms with E-state index < -0.39 is 0 Å². The third kappa shape index (κ3) is 4.11. The maximum atomic E-state index is 10.9. The van der Waals surface area contributed by atoms with Gasteiger partial charge in [0, 0.05) is 6.42 Å². The molecule has 0 spiro atoms. The lowest BCUT2D eigenvalue weighted by Gasteiger charge is -2.20. The van der Waals surface area contributed by atoms with Gasteiger partial charge in [0.05, 0.1) is 6.61 Å². The first-order valence-corrected chi connectivity index (χ1v) is 4.97. The number of hydrogen-bond donors (Lipinski definition) is 0. The van der Waals surface area contributed by atoms with Crippen LogP contribution in [0.4, 0.5) is 0 Å². The second-order valence-electron chi connectivity index (χ2n) is 3.94. The Labute approximate surface area is 80.0 Å². The van der Waals surface area contributed by atoms with Crippen LogP contribution in [-0.2, 0) is 9.53 Å². The maximum Gasteiger partial charge on any atom is 0.306 e. The van der Waals surface area contributed by atoms with Crippen molar-refractivity contribution in [3.8, 4) is 0 Å². The Hall–Kier alpha value is -0.790. The number of allylic oxidation sites excluding steroid dienone is 2. The molecule has 0 aliphatic carbocycles. The minimum Gasteiger partial charge on any atom is -0.466 e. The van der Waals surface area contributed by atoms with Gasteiger partial charge < -0.3 is 4.74 Å². The number of carbonyl (C=O) groups is 1. The zero-order valence-corrected chi connectivity index (χ0v) is 8.51. The Morgan fingerprint density at radius 1 is 1.62 bits per heavy atom. The number of rotatable bonds is 3. The van der Waals surface area contributed by atoms with Crippen LogP contribution in [0.15, 0.2) is 11.6 Å². The zero-order chi connectivity index (χ0) is 9.68. The number of ether oxygens (including phenoxy) is 1. The van der Waals surface area contributed by atoms with E-state index in [1.54, 1.807) is 0 Å². The van der Waals surface area contributed by atoms with Crippen molar-refractivity contribution in [2.24, 2.45) is 5.92 Å². The lowest BCUT2D eigenvalue weighted by molar-refractivity contribution is -0.149. The molecule has 1 unspecified atom stereocenters. The standard InChI is InChI=1S/C11H18O2/c1-9(2)4-3-5-10-6-7-13-11(12)8-10/h4,10H,3,5-8H2,1-2H3. The summed E-state index contributed by atoms with van der Waals surface area (Å²) in [4.78, 5) is 10.9. The first-order valence-electron chi connectivity index (χ1n) is 4.97. The summed E-state index contributed by atoms with van der Waals surface area (Å²) in [6.45, 7) is 4.84. The fraction of sp³-hybridized carbons (Fsp3) is 0.727. The fourth-order valence-corrected chi connectivity index (χ4v) is 1.59. The number of hydrogen-bond acceptors (Lipinski definition) is 2. The molecule has 1 rings (SSSR count). The zero-order valence-electron chi connectivity index (χ0n) is 8.51. The minimum absolute atomic E-state index is 0.0200. The largest absolute Gasteiger partial charge is 0.466 e. The summed E-state index contributed by atoms with van der Waals surface area (Å²) in [6.07, 6.45) is 6.12. The van der Waals surface area contributed by atoms with Crippen LogP contribution in [0.25, 0.3) is 0 Å². The van der Waals surface area contributed by atoms with Crippen molar-refractivity contribution in [1.29, 1.82) is 0 Å². The van der Waals surface area contributed by atoms with Crippen LogP contribution >= 0.6 is 0 Å². The molecule has 0 N–H and O–H groups in total. The Morgan fingerprint density at radius 2 is 2.38 bits per heavy atom. The van der Waals surface area contributed by atoms with Crippen molar-refractivity contribution in [2.45, 2.75) is 39.5 Å². The third-order valence-electron chi connectivity index (χ3n) is 2.37. The normalized spacial score (nSPS) is 22.3. The quantitative estimate of drug-likeness (QED) is 0.495. The van der Waals surface area contributed by atoms with Gasteiger partial charge in [-0.3, -0.25) is 4.79 Å². The first kappa shape index (κ1) is 10.3. The smallest absolute Gasteiger partial charge is 0.306 e. The van der Waals surface area contributed by atoms with E-state index >= 15 is 0 Å². The SMILES string of the molecule is CC(C)=CCCC1CCOC(=O)C1. The predicted molar refractivity (Wildman–Crippen MR) is 52.3 cm³/mol. The van der Waals surface area contributed by atoms with E-state index in [0.29, 0.717) is 18.9 Å². The van der Waals surface area contributed by atoms with E-state index in [1.165, 1.54) is 5.57 Å². The molecule has 1 aliphatic heterocycles. The third-order valence-corrected chi connectivity index (χ3v) is 2.37. The summed E-state index contributed by atoms with van der Waals surface area (Å²) in [5.74, 6) is 0.533. The summed E-state index contributed by atoms with van der Waals surface area (Å²) in [7, 11) is 0. The second-order valence-corrected chi connectivity index (χ2v) is 3.94. The van der Waals surface area contributed by atoms with Gasteiger partial charge in [-0.15, -0.1) is 0 Å². The highest BCUT2D eigenvalue weighted by Crippen LogP contribution is 2.21. The van der Waals surface area contributed by atoms with Crippen molar-refractivity contribution in [1.82, 2.24) is 0 Å². The molecule has 1 atom stereocenters. The highest BCUT2D eigenvalue weighted by Gasteiger charge is 2.19. The van der Waals surface area contributed by atoms with E-state index in [1.807, 2.05) is 0 Å². The van der Waals surface area contributed by atoms with Gasteiger partial charge in [0.15, 0.2) is 0 Å². The molecule has 2 heteroatoms. The summed E-state index contributed by atoms with van der Waals surface area (Å²) >= 11 is 0. The maximum absolute atomic E-state index is 10.9. The summed E-state index contributed by atoms with van der Waals surface area (Å²) in [5, 5.41) is 0. The van der Waals surface area contributed by atoms with Crippen LogP contribution in [0.1, 0.15) is 39.5 Å². The van der Waals surface area contributed by atoms with Crippen LogP contribution in [0.5, 0.6) is 0 Å². The van der Waals surface area contributed by atoms with Crippen LogP contribution in [-0.4, -0.2) is 12.6 Å². The van der Waals surface area contributed by atoms with Crippen molar-refractivity contribution < 1.29 is 9.53 Å². The van der Waals surface area contributed by atoms with Crippen molar-refractivity contribution in [3.63, 3.8) is 0 Å². The van der Waals surface area contributed by atoms with Crippen LogP contribution < -0.4 is 0 Å². The van der Waals surface area contributed by atoms with E-state index in [9.17, 15) is 4.79 Å². The van der Waals surface area contributed by atoms with Crippen LogP contribution in [0.2, 0.25) is 0 Å². The molecule has 13 heavy (non-hydrogen) atoms. The van der Waals surface area contributed by atoms with Gasteiger partial charge in [0.2, 0.25) is 0 Å². The minimum atomic E-state index is -0.0200. The fourth-order valence-electron chi connectivity index (χ4n) is 1.59. The average molecular weight is 182 g/mol. The van der Waals surface area contributed by atoms with Gasteiger partial charge in [0.1, 0.15) is 0 Å². The van der Waals surface area contributed by atoms with E-state index in [2.05, 4.69) is 19.9 Å². The average Bonchev–Trinajstić information content (AvgIpc) is 2.03. The first-order chi connectivity index (χ1) is 6.18. The topological polar surface area (TPSA) is 26.3 Å². The Balaban J connectivity index is 2.21. The van der Waals surface area contributed by atoms with Gasteiger partial charge in [-0.05, 0) is 39.0 Å². The molecule has 0 aromatic carbocycles. The Kier molecular flexibility index (Phi) is 4.00.